The summed E-state index contributed by atoms with van der Waals surface area (Å²) < 4.78 is 1.78. The van der Waals surface area contributed by atoms with Crippen molar-refractivity contribution in [2.45, 2.75) is 6.42 Å². The van der Waals surface area contributed by atoms with Crippen LogP contribution in [-0.4, -0.2) is 28.1 Å². The maximum absolute atomic E-state index is 10.8. The minimum absolute atomic E-state index is 0.0192. The number of hydrogen-bond donors (Lipinski definition) is 1. The third-order valence-corrected chi connectivity index (χ3v) is 1.99. The van der Waals surface area contributed by atoms with E-state index in [2.05, 4.69) is 10.4 Å². The maximum Gasteiger partial charge on any atom is 0.234 e. The molecule has 1 N–H and O–H groups in total. The van der Waals surface area contributed by atoms with E-state index in [-0.39, 0.29) is 11.8 Å². The van der Waals surface area contributed by atoms with Gasteiger partial charge in [-0.15, -0.1) is 11.6 Å². The standard InChI is InChI=1S/C8H12ClN3O/c1-12-7(3-5-11-12)2-4-10-8(13)6-9/h3,5H,2,4,6H2,1H3,(H,10,13). The number of carbonyl (C=O) groups is 1. The molecule has 0 spiro atoms. The van der Waals surface area contributed by atoms with Crippen LogP contribution in [0.25, 0.3) is 0 Å². The van der Waals surface area contributed by atoms with E-state index in [4.69, 9.17) is 11.6 Å². The van der Waals surface area contributed by atoms with Crippen molar-refractivity contribution in [1.82, 2.24) is 15.1 Å². The van der Waals surface area contributed by atoms with E-state index >= 15 is 0 Å². The van der Waals surface area contributed by atoms with Crippen molar-refractivity contribution >= 4 is 17.5 Å². The molecule has 0 atom stereocenters. The zero-order chi connectivity index (χ0) is 9.68. The van der Waals surface area contributed by atoms with Gasteiger partial charge in [-0.3, -0.25) is 9.48 Å². The zero-order valence-corrected chi connectivity index (χ0v) is 8.21. The summed E-state index contributed by atoms with van der Waals surface area (Å²) in [5.41, 5.74) is 1.09. The lowest BCUT2D eigenvalue weighted by Gasteiger charge is -2.02. The monoisotopic (exact) mass is 201 g/mol. The van der Waals surface area contributed by atoms with Gasteiger partial charge in [0.05, 0.1) is 0 Å². The molecule has 0 radical (unpaired) electrons. The Bertz CT molecular complexity index is 285. The molecular weight excluding hydrogens is 190 g/mol. The van der Waals surface area contributed by atoms with E-state index in [1.807, 2.05) is 13.1 Å². The highest BCUT2D eigenvalue weighted by atomic mass is 35.5. The average molecular weight is 202 g/mol. The molecule has 0 unspecified atom stereocenters. The van der Waals surface area contributed by atoms with Crippen molar-refractivity contribution < 1.29 is 4.79 Å². The molecule has 0 saturated heterocycles. The molecule has 72 valence electrons. The Morgan fingerprint density at radius 2 is 2.54 bits per heavy atom. The third-order valence-electron chi connectivity index (χ3n) is 1.75. The molecule has 1 heterocycles. The van der Waals surface area contributed by atoms with Crippen LogP contribution >= 0.6 is 11.6 Å². The first-order chi connectivity index (χ1) is 6.24. The van der Waals surface area contributed by atoms with Gasteiger partial charge in [-0.1, -0.05) is 0 Å². The number of carbonyl (C=O) groups excluding carboxylic acids is 1. The van der Waals surface area contributed by atoms with Crippen LogP contribution in [0.1, 0.15) is 5.69 Å². The molecule has 13 heavy (non-hydrogen) atoms. The minimum atomic E-state index is -0.135. The number of aromatic nitrogens is 2. The molecule has 1 rings (SSSR count). The molecule has 1 aromatic heterocycles. The highest BCUT2D eigenvalue weighted by Gasteiger charge is 2.00. The van der Waals surface area contributed by atoms with Gasteiger partial charge in [-0.25, -0.2) is 0 Å². The number of halogens is 1. The van der Waals surface area contributed by atoms with E-state index in [9.17, 15) is 4.79 Å². The molecule has 0 bridgehead atoms. The number of alkyl halides is 1. The van der Waals surface area contributed by atoms with Crippen LogP contribution in [0.3, 0.4) is 0 Å². The summed E-state index contributed by atoms with van der Waals surface area (Å²) in [6.45, 7) is 0.602. The molecule has 1 aromatic rings. The summed E-state index contributed by atoms with van der Waals surface area (Å²) in [6, 6.07) is 1.92. The zero-order valence-electron chi connectivity index (χ0n) is 7.46. The Hall–Kier alpha value is -1.03. The smallest absolute Gasteiger partial charge is 0.234 e. The third kappa shape index (κ3) is 3.06. The summed E-state index contributed by atoms with van der Waals surface area (Å²) in [4.78, 5) is 10.8. The Morgan fingerprint density at radius 3 is 3.08 bits per heavy atom. The molecule has 1 amide bonds. The average Bonchev–Trinajstić information content (AvgIpc) is 2.52. The van der Waals surface area contributed by atoms with E-state index in [0.29, 0.717) is 6.54 Å². The van der Waals surface area contributed by atoms with Crippen LogP contribution in [-0.2, 0) is 18.3 Å². The Labute approximate surface area is 81.9 Å². The van der Waals surface area contributed by atoms with Crippen molar-refractivity contribution in [2.24, 2.45) is 7.05 Å². The highest BCUT2D eigenvalue weighted by Crippen LogP contribution is 1.95. The first-order valence-corrected chi connectivity index (χ1v) is 4.57. The summed E-state index contributed by atoms with van der Waals surface area (Å²) in [6.07, 6.45) is 2.51. The van der Waals surface area contributed by atoms with Gasteiger partial charge in [0.25, 0.3) is 0 Å². The molecule has 0 saturated carbocycles. The van der Waals surface area contributed by atoms with Crippen molar-refractivity contribution in [3.63, 3.8) is 0 Å². The van der Waals surface area contributed by atoms with Gasteiger partial charge in [0.15, 0.2) is 0 Å². The predicted octanol–water partition coefficient (Wildman–Crippen LogP) is 0.318. The summed E-state index contributed by atoms with van der Waals surface area (Å²) >= 11 is 5.31. The van der Waals surface area contributed by atoms with Gasteiger partial charge >= 0.3 is 0 Å². The Kier molecular flexibility index (Phi) is 3.76. The quantitative estimate of drug-likeness (QED) is 0.714. The minimum Gasteiger partial charge on any atom is -0.355 e. The summed E-state index contributed by atoms with van der Waals surface area (Å²) in [7, 11) is 1.87. The van der Waals surface area contributed by atoms with E-state index in [1.54, 1.807) is 10.9 Å². The highest BCUT2D eigenvalue weighted by molar-refractivity contribution is 6.27. The lowest BCUT2D eigenvalue weighted by molar-refractivity contribution is -0.118. The first-order valence-electron chi connectivity index (χ1n) is 4.03. The van der Waals surface area contributed by atoms with Crippen LogP contribution in [0.5, 0.6) is 0 Å². The fourth-order valence-corrected chi connectivity index (χ4v) is 1.12. The van der Waals surface area contributed by atoms with Gasteiger partial charge in [-0.2, -0.15) is 5.10 Å². The Morgan fingerprint density at radius 1 is 1.77 bits per heavy atom. The number of hydrogen-bond acceptors (Lipinski definition) is 2. The number of nitrogens with zero attached hydrogens (tertiary/aromatic N) is 2. The van der Waals surface area contributed by atoms with Crippen LogP contribution in [0, 0.1) is 0 Å². The fraction of sp³-hybridized carbons (Fsp3) is 0.500. The topological polar surface area (TPSA) is 46.9 Å². The normalized spacial score (nSPS) is 10.0. The number of amides is 1. The molecule has 0 aromatic carbocycles. The van der Waals surface area contributed by atoms with E-state index in [0.717, 1.165) is 12.1 Å². The fourth-order valence-electron chi connectivity index (χ4n) is 1.02. The largest absolute Gasteiger partial charge is 0.355 e. The van der Waals surface area contributed by atoms with Crippen molar-refractivity contribution in [3.8, 4) is 0 Å². The number of nitrogens with one attached hydrogen (secondary N) is 1. The number of aryl methyl sites for hydroxylation is 1. The summed E-state index contributed by atoms with van der Waals surface area (Å²) in [5, 5.41) is 6.70. The van der Waals surface area contributed by atoms with Gasteiger partial charge in [0.1, 0.15) is 5.88 Å². The van der Waals surface area contributed by atoms with Crippen LogP contribution in [0.4, 0.5) is 0 Å². The first kappa shape index (κ1) is 10.1. The van der Waals surface area contributed by atoms with Gasteiger partial charge in [-0.05, 0) is 6.07 Å². The SMILES string of the molecule is Cn1nccc1CCNC(=O)CCl. The molecule has 0 aliphatic heterocycles. The van der Waals surface area contributed by atoms with Crippen LogP contribution in [0.15, 0.2) is 12.3 Å². The molecule has 0 aliphatic carbocycles. The second kappa shape index (κ2) is 4.87. The van der Waals surface area contributed by atoms with Crippen molar-refractivity contribution in [3.05, 3.63) is 18.0 Å². The molecular formula is C8H12ClN3O. The molecule has 4 nitrogen and oxygen atoms in total. The van der Waals surface area contributed by atoms with Crippen molar-refractivity contribution in [2.75, 3.05) is 12.4 Å². The van der Waals surface area contributed by atoms with Gasteiger partial charge < -0.3 is 5.32 Å². The molecule has 0 aliphatic rings. The predicted molar refractivity (Wildman–Crippen MR) is 50.6 cm³/mol. The van der Waals surface area contributed by atoms with E-state index in [1.165, 1.54) is 0 Å². The van der Waals surface area contributed by atoms with Crippen molar-refractivity contribution in [1.29, 1.82) is 0 Å². The Balaban J connectivity index is 2.28. The molecule has 0 fully saturated rings. The maximum atomic E-state index is 10.8. The molecule has 5 heteroatoms. The van der Waals surface area contributed by atoms with E-state index < -0.39 is 0 Å². The second-order valence-corrected chi connectivity index (χ2v) is 2.95. The summed E-state index contributed by atoms with van der Waals surface area (Å²) in [5.74, 6) is -0.116. The van der Waals surface area contributed by atoms with Crippen LogP contribution < -0.4 is 5.32 Å². The lowest BCUT2D eigenvalue weighted by Crippen LogP contribution is -2.27. The lowest BCUT2D eigenvalue weighted by atomic mass is 10.3. The second-order valence-electron chi connectivity index (χ2n) is 2.68. The number of rotatable bonds is 4. The van der Waals surface area contributed by atoms with Gasteiger partial charge in [0, 0.05) is 31.9 Å². The van der Waals surface area contributed by atoms with Crippen LogP contribution in [0.2, 0.25) is 0 Å². The van der Waals surface area contributed by atoms with Gasteiger partial charge in [0.2, 0.25) is 5.91 Å².